The number of nitrogens with zero attached hydrogens (tertiary/aromatic N) is 6. The Balaban J connectivity index is 1.84. The number of nitriles is 1. The van der Waals surface area contributed by atoms with Crippen LogP contribution in [0.5, 0.6) is 0 Å². The summed E-state index contributed by atoms with van der Waals surface area (Å²) in [5.41, 5.74) is 7.60. The summed E-state index contributed by atoms with van der Waals surface area (Å²) in [5.74, 6) is 5.05. The van der Waals surface area contributed by atoms with Crippen molar-refractivity contribution in [2.24, 2.45) is 15.9 Å². The van der Waals surface area contributed by atoms with E-state index in [1.807, 2.05) is 12.1 Å². The topological polar surface area (TPSA) is 139 Å². The molecular weight excluding hydrogens is 395 g/mol. The lowest BCUT2D eigenvalue weighted by atomic mass is 9.91. The van der Waals surface area contributed by atoms with Gasteiger partial charge in [-0.1, -0.05) is 18.2 Å². The van der Waals surface area contributed by atoms with Gasteiger partial charge in [-0.2, -0.15) is 10.4 Å². The van der Waals surface area contributed by atoms with Crippen LogP contribution in [0.4, 0.5) is 10.3 Å². The molecule has 0 spiro atoms. The maximum Gasteiger partial charge on any atom is 0.221 e. The number of nitrogen functional groups attached to an aromatic ring is 1. The Morgan fingerprint density at radius 3 is 2.65 bits per heavy atom. The van der Waals surface area contributed by atoms with Gasteiger partial charge in [0.2, 0.25) is 5.95 Å². The van der Waals surface area contributed by atoms with E-state index < -0.39 is 11.2 Å². The van der Waals surface area contributed by atoms with Gasteiger partial charge in [0.05, 0.1) is 47.0 Å². The monoisotopic (exact) mass is 416 g/mol. The minimum atomic E-state index is -0.703. The molecule has 0 unspecified atom stereocenters. The number of benzene rings is 1. The molecule has 4 N–H and O–H groups in total. The van der Waals surface area contributed by atoms with Crippen molar-refractivity contribution in [3.63, 3.8) is 0 Å². The van der Waals surface area contributed by atoms with Crippen molar-refractivity contribution in [2.75, 3.05) is 5.73 Å². The van der Waals surface area contributed by atoms with Crippen molar-refractivity contribution < 1.29 is 4.39 Å². The van der Waals surface area contributed by atoms with Crippen molar-refractivity contribution >= 4 is 17.9 Å². The van der Waals surface area contributed by atoms with Gasteiger partial charge in [0.15, 0.2) is 0 Å². The van der Waals surface area contributed by atoms with Gasteiger partial charge in [-0.05, 0) is 44.2 Å². The molecule has 0 atom stereocenters. The van der Waals surface area contributed by atoms with Crippen LogP contribution in [0.3, 0.4) is 0 Å². The van der Waals surface area contributed by atoms with E-state index >= 15 is 0 Å². The molecule has 0 amide bonds. The Morgan fingerprint density at radius 1 is 1.16 bits per heavy atom. The van der Waals surface area contributed by atoms with Crippen LogP contribution in [0.1, 0.15) is 30.9 Å². The molecule has 0 saturated heterocycles. The third-order valence-electron chi connectivity index (χ3n) is 4.49. The average Bonchev–Trinajstić information content (AvgIpc) is 2.77. The number of rotatable bonds is 6. The van der Waals surface area contributed by atoms with Crippen molar-refractivity contribution in [1.29, 1.82) is 5.26 Å². The third kappa shape index (κ3) is 5.05. The van der Waals surface area contributed by atoms with Gasteiger partial charge < -0.3 is 11.6 Å². The summed E-state index contributed by atoms with van der Waals surface area (Å²) in [6.07, 6.45) is 1.44. The highest BCUT2D eigenvalue weighted by atomic mass is 19.1. The molecule has 0 bridgehead atoms. The molecular formula is C22H21FN8. The Labute approximate surface area is 179 Å². The number of anilines is 1. The Bertz CT molecular complexity index is 1190. The Morgan fingerprint density at radius 2 is 1.94 bits per heavy atom. The van der Waals surface area contributed by atoms with E-state index in [1.54, 1.807) is 44.2 Å². The molecule has 1 aromatic carbocycles. The normalized spacial score (nSPS) is 12.1. The third-order valence-corrected chi connectivity index (χ3v) is 4.49. The standard InChI is InChI=1S/C22H21FN8/c1-22(2,13-24)20-9-5-6-14(28-20)11-27-12-19(31-26)18-10-17(29-21(25)30-18)15-7-3-4-8-16(15)23/h3-10,12H,11,26H2,1-2H3,(H2,25,29,30)/b27-12?,31-19+. The number of hydrogen-bond acceptors (Lipinski definition) is 8. The number of halogens is 1. The number of nitrogens with two attached hydrogens (primary N) is 2. The number of aliphatic imine (C=N–C) groups is 1. The average molecular weight is 416 g/mol. The van der Waals surface area contributed by atoms with E-state index in [0.717, 1.165) is 0 Å². The van der Waals surface area contributed by atoms with Gasteiger partial charge >= 0.3 is 0 Å². The number of hydrazone groups is 1. The molecule has 31 heavy (non-hydrogen) atoms. The Kier molecular flexibility index (Phi) is 6.31. The highest BCUT2D eigenvalue weighted by Gasteiger charge is 2.21. The van der Waals surface area contributed by atoms with Crippen LogP contribution in [0.15, 0.2) is 58.6 Å². The van der Waals surface area contributed by atoms with Gasteiger partial charge in [-0.3, -0.25) is 9.98 Å². The van der Waals surface area contributed by atoms with Crippen molar-refractivity contribution in [2.45, 2.75) is 25.8 Å². The predicted octanol–water partition coefficient (Wildman–Crippen LogP) is 2.99. The van der Waals surface area contributed by atoms with Crippen LogP contribution >= 0.6 is 0 Å². The summed E-state index contributed by atoms with van der Waals surface area (Å²) in [5, 5.41) is 13.0. The molecule has 0 aliphatic carbocycles. The molecule has 2 aromatic heterocycles. The SMILES string of the molecule is CC(C)(C#N)c1cccc(CN=C/C(=N\N)c2cc(-c3ccccc3F)nc(N)n2)n1. The van der Waals surface area contributed by atoms with E-state index in [1.165, 1.54) is 12.3 Å². The van der Waals surface area contributed by atoms with Crippen LogP contribution in [0.2, 0.25) is 0 Å². The summed E-state index contributed by atoms with van der Waals surface area (Å²) in [6.45, 7) is 3.84. The first kappa shape index (κ1) is 21.5. The second kappa shape index (κ2) is 9.09. The summed E-state index contributed by atoms with van der Waals surface area (Å²) in [6, 6.07) is 15.4. The van der Waals surface area contributed by atoms with Crippen molar-refractivity contribution in [1.82, 2.24) is 15.0 Å². The number of aromatic nitrogens is 3. The summed E-state index contributed by atoms with van der Waals surface area (Å²) < 4.78 is 14.1. The van der Waals surface area contributed by atoms with Crippen LogP contribution < -0.4 is 11.6 Å². The second-order valence-corrected chi connectivity index (χ2v) is 7.21. The molecule has 0 aliphatic rings. The quantitative estimate of drug-likeness (QED) is 0.360. The van der Waals surface area contributed by atoms with Crippen LogP contribution in [-0.2, 0) is 12.0 Å². The largest absolute Gasteiger partial charge is 0.368 e. The highest BCUT2D eigenvalue weighted by Crippen LogP contribution is 2.22. The summed E-state index contributed by atoms with van der Waals surface area (Å²) >= 11 is 0. The molecule has 3 aromatic rings. The molecule has 3 rings (SSSR count). The molecule has 0 fully saturated rings. The minimum absolute atomic E-state index is 0.0431. The van der Waals surface area contributed by atoms with Gasteiger partial charge in [-0.25, -0.2) is 14.4 Å². The molecule has 2 heterocycles. The highest BCUT2D eigenvalue weighted by molar-refractivity contribution is 6.37. The van der Waals surface area contributed by atoms with Crippen LogP contribution in [0.25, 0.3) is 11.3 Å². The van der Waals surface area contributed by atoms with E-state index in [0.29, 0.717) is 22.8 Å². The molecule has 156 valence electrons. The summed E-state index contributed by atoms with van der Waals surface area (Å²) in [7, 11) is 0. The molecule has 8 nitrogen and oxygen atoms in total. The zero-order valence-corrected chi connectivity index (χ0v) is 17.1. The fourth-order valence-electron chi connectivity index (χ4n) is 2.77. The minimum Gasteiger partial charge on any atom is -0.368 e. The lowest BCUT2D eigenvalue weighted by Gasteiger charge is -2.14. The Hall–Kier alpha value is -4.19. The van der Waals surface area contributed by atoms with Crippen molar-refractivity contribution in [3.8, 4) is 17.3 Å². The first-order chi connectivity index (χ1) is 14.8. The van der Waals surface area contributed by atoms with Gasteiger partial charge in [0.1, 0.15) is 11.5 Å². The van der Waals surface area contributed by atoms with E-state index in [9.17, 15) is 9.65 Å². The van der Waals surface area contributed by atoms with E-state index in [-0.39, 0.29) is 23.8 Å². The fourth-order valence-corrected chi connectivity index (χ4v) is 2.77. The summed E-state index contributed by atoms with van der Waals surface area (Å²) in [4.78, 5) is 17.1. The lowest BCUT2D eigenvalue weighted by molar-refractivity contribution is 0.630. The number of hydrogen-bond donors (Lipinski definition) is 2. The molecule has 0 saturated carbocycles. The fraction of sp³-hybridized carbons (Fsp3) is 0.182. The van der Waals surface area contributed by atoms with Crippen LogP contribution in [0, 0.1) is 17.1 Å². The smallest absolute Gasteiger partial charge is 0.221 e. The molecule has 0 radical (unpaired) electrons. The van der Waals surface area contributed by atoms with Crippen molar-refractivity contribution in [3.05, 3.63) is 71.4 Å². The predicted molar refractivity (Wildman–Crippen MR) is 118 cm³/mol. The van der Waals surface area contributed by atoms with Gasteiger partial charge in [0, 0.05) is 5.56 Å². The van der Waals surface area contributed by atoms with E-state index in [4.69, 9.17) is 11.6 Å². The zero-order chi connectivity index (χ0) is 22.4. The first-order valence-corrected chi connectivity index (χ1v) is 9.39. The number of pyridine rings is 1. The molecule has 0 aliphatic heterocycles. The van der Waals surface area contributed by atoms with Gasteiger partial charge in [0.25, 0.3) is 0 Å². The first-order valence-electron chi connectivity index (χ1n) is 9.39. The maximum atomic E-state index is 14.1. The molecule has 9 heteroatoms. The second-order valence-electron chi connectivity index (χ2n) is 7.21. The van der Waals surface area contributed by atoms with Gasteiger partial charge in [-0.15, -0.1) is 0 Å². The zero-order valence-electron chi connectivity index (χ0n) is 17.1. The van der Waals surface area contributed by atoms with Crippen LogP contribution in [-0.4, -0.2) is 26.9 Å². The van der Waals surface area contributed by atoms with E-state index in [2.05, 4.69) is 31.1 Å². The maximum absolute atomic E-state index is 14.1. The lowest BCUT2D eigenvalue weighted by Crippen LogP contribution is -2.16.